The van der Waals surface area contributed by atoms with Gasteiger partial charge in [0.2, 0.25) is 0 Å². The molecule has 0 amide bonds. The van der Waals surface area contributed by atoms with E-state index in [9.17, 15) is 24.0 Å². The molecule has 1 saturated heterocycles. The number of esters is 4. The van der Waals surface area contributed by atoms with E-state index in [1.807, 2.05) is 0 Å². The number of carbonyl (C=O) groups is 5. The van der Waals surface area contributed by atoms with Gasteiger partial charge in [-0.05, 0) is 6.42 Å². The van der Waals surface area contributed by atoms with Gasteiger partial charge in [0.15, 0.2) is 18.3 Å². The first-order valence-electron chi connectivity index (χ1n) is 9.07. The second kappa shape index (κ2) is 10.1. The number of carbonyl (C=O) groups excluding carboxylic acids is 5. The van der Waals surface area contributed by atoms with Crippen molar-refractivity contribution in [1.29, 1.82) is 0 Å². The Kier molecular flexibility index (Phi) is 8.03. The molecular formula is C18H24O10S. The summed E-state index contributed by atoms with van der Waals surface area (Å²) in [7, 11) is 0. The van der Waals surface area contributed by atoms with E-state index in [0.717, 1.165) is 25.6 Å². The lowest BCUT2D eigenvalue weighted by molar-refractivity contribution is -0.237. The lowest BCUT2D eigenvalue weighted by Crippen LogP contribution is -2.62. The van der Waals surface area contributed by atoms with Gasteiger partial charge in [-0.2, -0.15) is 0 Å². The Morgan fingerprint density at radius 3 is 1.90 bits per heavy atom. The lowest BCUT2D eigenvalue weighted by atomic mass is 9.98. The van der Waals surface area contributed by atoms with Crippen molar-refractivity contribution in [2.75, 3.05) is 6.61 Å². The van der Waals surface area contributed by atoms with Crippen molar-refractivity contribution in [1.82, 2.24) is 0 Å². The third kappa shape index (κ3) is 6.43. The molecule has 0 aromatic heterocycles. The first-order valence-corrected chi connectivity index (χ1v) is 10.0. The van der Waals surface area contributed by atoms with Crippen LogP contribution >= 0.6 is 11.8 Å². The van der Waals surface area contributed by atoms with Crippen LogP contribution in [0.2, 0.25) is 0 Å². The van der Waals surface area contributed by atoms with Crippen LogP contribution in [-0.2, 0) is 47.7 Å². The zero-order valence-corrected chi connectivity index (χ0v) is 17.4. The summed E-state index contributed by atoms with van der Waals surface area (Å²) in [6, 6.07) is 0. The highest BCUT2D eigenvalue weighted by Gasteiger charge is 2.53. The van der Waals surface area contributed by atoms with Crippen LogP contribution in [0.25, 0.3) is 0 Å². The molecule has 1 aliphatic heterocycles. The monoisotopic (exact) mass is 432 g/mol. The van der Waals surface area contributed by atoms with Crippen LogP contribution in [0.5, 0.6) is 0 Å². The van der Waals surface area contributed by atoms with Gasteiger partial charge in [-0.25, -0.2) is 0 Å². The Labute approximate surface area is 171 Å². The van der Waals surface area contributed by atoms with Crippen molar-refractivity contribution in [3.63, 3.8) is 0 Å². The molecule has 0 N–H and O–H groups in total. The minimum Gasteiger partial charge on any atom is -0.463 e. The molecule has 10 nitrogen and oxygen atoms in total. The molecule has 6 atom stereocenters. The maximum absolute atomic E-state index is 11.8. The van der Waals surface area contributed by atoms with Crippen molar-refractivity contribution in [3.05, 3.63) is 0 Å². The van der Waals surface area contributed by atoms with Gasteiger partial charge in [-0.1, -0.05) is 0 Å². The van der Waals surface area contributed by atoms with Crippen LogP contribution in [0.1, 0.15) is 40.5 Å². The summed E-state index contributed by atoms with van der Waals surface area (Å²) >= 11 is 1.13. The molecule has 1 saturated carbocycles. The van der Waals surface area contributed by atoms with E-state index in [0.29, 0.717) is 12.8 Å². The summed E-state index contributed by atoms with van der Waals surface area (Å²) < 4.78 is 26.9. The zero-order valence-electron chi connectivity index (χ0n) is 16.6. The van der Waals surface area contributed by atoms with Gasteiger partial charge in [-0.3, -0.25) is 24.0 Å². The first-order chi connectivity index (χ1) is 13.6. The second-order valence-corrected chi connectivity index (χ2v) is 8.00. The fraction of sp³-hybridized carbons (Fsp3) is 0.722. The summed E-state index contributed by atoms with van der Waals surface area (Å²) in [6.45, 7) is 4.40. The molecule has 2 aliphatic rings. The number of ether oxygens (including phenoxy) is 5. The van der Waals surface area contributed by atoms with Crippen molar-refractivity contribution >= 4 is 41.4 Å². The Hall–Kier alpha value is -2.14. The molecule has 0 spiro atoms. The number of ketones is 1. The molecule has 0 aromatic rings. The van der Waals surface area contributed by atoms with Gasteiger partial charge in [0, 0.05) is 34.1 Å². The van der Waals surface area contributed by atoms with Gasteiger partial charge in [0.25, 0.3) is 0 Å². The number of hydrogen-bond donors (Lipinski definition) is 0. The Balaban J connectivity index is 2.36. The molecule has 0 bridgehead atoms. The van der Waals surface area contributed by atoms with E-state index >= 15 is 0 Å². The second-order valence-electron chi connectivity index (χ2n) is 6.70. The molecule has 1 heterocycles. The number of Topliss-reactive ketones (excluding diaryl/α,β-unsaturated/α-hetero) is 1. The molecule has 11 heteroatoms. The molecule has 0 aromatic carbocycles. The van der Waals surface area contributed by atoms with Crippen LogP contribution in [0.4, 0.5) is 0 Å². The average Bonchev–Trinajstić information content (AvgIpc) is 2.59. The minimum atomic E-state index is -1.21. The summed E-state index contributed by atoms with van der Waals surface area (Å²) in [4.78, 5) is 58.1. The van der Waals surface area contributed by atoms with E-state index in [1.165, 1.54) is 13.8 Å². The molecule has 29 heavy (non-hydrogen) atoms. The normalized spacial score (nSPS) is 31.2. The molecule has 0 unspecified atom stereocenters. The number of rotatable bonds is 7. The van der Waals surface area contributed by atoms with Crippen LogP contribution in [0.3, 0.4) is 0 Å². The standard InChI is InChI=1S/C18H24O10S/c1-8(19)24-7-13-15(25-9(2)20)16(26-10(3)21)17(27-11(4)22)18(28-13)29-14-6-5-12(14)23/h13-18H,5-7H2,1-4H3/t13-,14+,15-,16+,17-,18-/m1/s1. The van der Waals surface area contributed by atoms with Gasteiger partial charge in [0.05, 0.1) is 5.25 Å². The lowest BCUT2D eigenvalue weighted by Gasteiger charge is -2.45. The van der Waals surface area contributed by atoms with E-state index in [-0.39, 0.29) is 17.6 Å². The molecule has 0 radical (unpaired) electrons. The van der Waals surface area contributed by atoms with Crippen LogP contribution in [-0.4, -0.2) is 71.4 Å². The summed E-state index contributed by atoms with van der Waals surface area (Å²) in [5.41, 5.74) is -0.898. The number of hydrogen-bond acceptors (Lipinski definition) is 11. The largest absolute Gasteiger partial charge is 0.463 e. The molecule has 1 aliphatic carbocycles. The van der Waals surface area contributed by atoms with E-state index in [4.69, 9.17) is 23.7 Å². The van der Waals surface area contributed by atoms with Gasteiger partial charge >= 0.3 is 23.9 Å². The van der Waals surface area contributed by atoms with Crippen molar-refractivity contribution in [2.45, 2.75) is 75.6 Å². The van der Waals surface area contributed by atoms with Crippen molar-refractivity contribution < 1.29 is 47.7 Å². The van der Waals surface area contributed by atoms with Gasteiger partial charge < -0.3 is 23.7 Å². The Morgan fingerprint density at radius 1 is 0.897 bits per heavy atom. The summed E-state index contributed by atoms with van der Waals surface area (Å²) in [5.74, 6) is -2.60. The van der Waals surface area contributed by atoms with Crippen molar-refractivity contribution in [3.8, 4) is 0 Å². The molecule has 2 fully saturated rings. The minimum absolute atomic E-state index is 0.0304. The zero-order chi connectivity index (χ0) is 21.7. The highest BCUT2D eigenvalue weighted by Crippen LogP contribution is 2.39. The van der Waals surface area contributed by atoms with Gasteiger partial charge in [0.1, 0.15) is 23.9 Å². The van der Waals surface area contributed by atoms with Crippen LogP contribution < -0.4 is 0 Å². The first kappa shape index (κ1) is 23.1. The third-order valence-corrected chi connectivity index (χ3v) is 5.73. The fourth-order valence-electron chi connectivity index (χ4n) is 2.98. The smallest absolute Gasteiger partial charge is 0.303 e. The van der Waals surface area contributed by atoms with E-state index in [1.54, 1.807) is 0 Å². The van der Waals surface area contributed by atoms with Crippen LogP contribution in [0, 0.1) is 0 Å². The number of thioether (sulfide) groups is 1. The quantitative estimate of drug-likeness (QED) is 0.412. The summed E-state index contributed by atoms with van der Waals surface area (Å²) in [5, 5.41) is -0.351. The topological polar surface area (TPSA) is 132 Å². The van der Waals surface area contributed by atoms with Crippen LogP contribution in [0.15, 0.2) is 0 Å². The predicted molar refractivity (Wildman–Crippen MR) is 97.6 cm³/mol. The predicted octanol–water partition coefficient (Wildman–Crippen LogP) is 0.534. The van der Waals surface area contributed by atoms with E-state index < -0.39 is 53.7 Å². The maximum Gasteiger partial charge on any atom is 0.303 e. The maximum atomic E-state index is 11.8. The van der Waals surface area contributed by atoms with E-state index in [2.05, 4.69) is 0 Å². The molecule has 162 valence electrons. The SMILES string of the molecule is CC(=O)OC[C@H]1O[C@H](S[C@H]2CCC2=O)[C@H](OC(C)=O)[C@@H](OC(C)=O)[C@@H]1OC(C)=O. The highest BCUT2D eigenvalue weighted by molar-refractivity contribution is 8.01. The summed E-state index contributed by atoms with van der Waals surface area (Å²) in [6.07, 6.45) is -3.44. The van der Waals surface area contributed by atoms with Gasteiger partial charge in [-0.15, -0.1) is 11.8 Å². The molecular weight excluding hydrogens is 408 g/mol. The Bertz CT molecular complexity index is 678. The fourth-order valence-corrected chi connectivity index (χ4v) is 4.40. The average molecular weight is 432 g/mol. The highest BCUT2D eigenvalue weighted by atomic mass is 32.2. The van der Waals surface area contributed by atoms with Crippen molar-refractivity contribution in [2.24, 2.45) is 0 Å². The Morgan fingerprint density at radius 2 is 1.45 bits per heavy atom. The molecule has 2 rings (SSSR count). The third-order valence-electron chi connectivity index (χ3n) is 4.26.